The van der Waals surface area contributed by atoms with Crippen LogP contribution in [0.1, 0.15) is 47.5 Å². The Morgan fingerprint density at radius 1 is 1.39 bits per heavy atom. The molecule has 1 aliphatic heterocycles. The maximum absolute atomic E-state index is 12.2. The molecule has 2 unspecified atom stereocenters. The van der Waals surface area contributed by atoms with E-state index in [9.17, 15) is 9.59 Å². The highest BCUT2D eigenvalue weighted by Crippen LogP contribution is 2.19. The minimum absolute atomic E-state index is 0.104. The molecule has 1 aliphatic rings. The number of piperidine rings is 1. The van der Waals surface area contributed by atoms with E-state index < -0.39 is 5.60 Å². The van der Waals surface area contributed by atoms with Gasteiger partial charge < -0.3 is 19.9 Å². The summed E-state index contributed by atoms with van der Waals surface area (Å²) in [6.45, 7) is 12.4. The highest BCUT2D eigenvalue weighted by Gasteiger charge is 2.28. The average Bonchev–Trinajstić information content (AvgIpc) is 2.49. The van der Waals surface area contributed by atoms with Crippen LogP contribution in [0.3, 0.4) is 0 Å². The largest absolute Gasteiger partial charge is 0.444 e. The number of ether oxygens (including phenoxy) is 1. The Morgan fingerprint density at radius 2 is 2.04 bits per heavy atom. The van der Waals surface area contributed by atoms with E-state index in [1.165, 1.54) is 0 Å². The van der Waals surface area contributed by atoms with Crippen LogP contribution in [0, 0.1) is 5.92 Å². The van der Waals surface area contributed by atoms with Gasteiger partial charge in [0.15, 0.2) is 0 Å². The second-order valence-electron chi connectivity index (χ2n) is 7.42. The van der Waals surface area contributed by atoms with Crippen molar-refractivity contribution in [3.8, 4) is 0 Å². The normalized spacial score (nSPS) is 20.1. The van der Waals surface area contributed by atoms with Crippen molar-refractivity contribution in [3.05, 3.63) is 0 Å². The summed E-state index contributed by atoms with van der Waals surface area (Å²) < 4.78 is 5.44. The Bertz CT molecular complexity index is 406. The van der Waals surface area contributed by atoms with Gasteiger partial charge in [0, 0.05) is 33.2 Å². The van der Waals surface area contributed by atoms with Gasteiger partial charge in [0.05, 0.1) is 6.04 Å². The fraction of sp³-hybridized carbons (Fsp3) is 0.882. The van der Waals surface area contributed by atoms with Crippen molar-refractivity contribution >= 4 is 12.0 Å². The van der Waals surface area contributed by atoms with Gasteiger partial charge in [0.2, 0.25) is 5.91 Å². The number of amides is 2. The van der Waals surface area contributed by atoms with Gasteiger partial charge in [-0.1, -0.05) is 0 Å². The fourth-order valence-electron chi connectivity index (χ4n) is 2.64. The summed E-state index contributed by atoms with van der Waals surface area (Å²) in [5.74, 6) is 0.464. The molecule has 0 aromatic carbocycles. The van der Waals surface area contributed by atoms with Crippen LogP contribution in [0.2, 0.25) is 0 Å². The van der Waals surface area contributed by atoms with Gasteiger partial charge >= 0.3 is 6.09 Å². The van der Waals surface area contributed by atoms with E-state index >= 15 is 0 Å². The Kier molecular flexibility index (Phi) is 7.32. The summed E-state index contributed by atoms with van der Waals surface area (Å²) in [5.41, 5.74) is -0.464. The highest BCUT2D eigenvalue weighted by molar-refractivity contribution is 5.81. The molecule has 0 aromatic heterocycles. The van der Waals surface area contributed by atoms with Crippen molar-refractivity contribution in [2.45, 2.75) is 59.1 Å². The van der Waals surface area contributed by atoms with E-state index in [0.717, 1.165) is 25.9 Å². The molecule has 1 N–H and O–H groups in total. The Labute approximate surface area is 140 Å². The molecule has 0 bridgehead atoms. The summed E-state index contributed by atoms with van der Waals surface area (Å²) in [7, 11) is 1.81. The SMILES string of the molecule is CCN(C)C(=O)C(C)NCC1CCCN(C(=O)OC(C)(C)C)C1. The van der Waals surface area contributed by atoms with Gasteiger partial charge in [0.1, 0.15) is 5.60 Å². The Hall–Kier alpha value is -1.30. The van der Waals surface area contributed by atoms with Gasteiger partial charge in [0.25, 0.3) is 0 Å². The van der Waals surface area contributed by atoms with Crippen LogP contribution in [-0.4, -0.2) is 66.7 Å². The standard InChI is InChI=1S/C17H33N3O3/c1-7-19(6)15(21)13(2)18-11-14-9-8-10-20(12-14)16(22)23-17(3,4)5/h13-14,18H,7-12H2,1-6H3. The molecule has 0 saturated carbocycles. The maximum atomic E-state index is 12.2. The molecule has 1 saturated heterocycles. The van der Waals surface area contributed by atoms with Crippen molar-refractivity contribution in [3.63, 3.8) is 0 Å². The Balaban J connectivity index is 2.44. The van der Waals surface area contributed by atoms with Crippen LogP contribution in [0.5, 0.6) is 0 Å². The van der Waals surface area contributed by atoms with Crippen LogP contribution in [0.15, 0.2) is 0 Å². The van der Waals surface area contributed by atoms with Crippen LogP contribution < -0.4 is 5.32 Å². The number of likely N-dealkylation sites (tertiary alicyclic amines) is 1. The molecule has 1 fully saturated rings. The first-order valence-corrected chi connectivity index (χ1v) is 8.60. The summed E-state index contributed by atoms with van der Waals surface area (Å²) in [6.07, 6.45) is 1.80. The molecule has 0 aliphatic carbocycles. The minimum atomic E-state index is -0.464. The highest BCUT2D eigenvalue weighted by atomic mass is 16.6. The van der Waals surface area contributed by atoms with Crippen molar-refractivity contribution in [2.24, 2.45) is 5.92 Å². The average molecular weight is 327 g/mol. The van der Waals surface area contributed by atoms with Gasteiger partial charge in [-0.25, -0.2) is 4.79 Å². The third-order valence-corrected chi connectivity index (χ3v) is 4.10. The van der Waals surface area contributed by atoms with Crippen molar-refractivity contribution in [2.75, 3.05) is 33.2 Å². The van der Waals surface area contributed by atoms with Gasteiger partial charge in [-0.2, -0.15) is 0 Å². The quantitative estimate of drug-likeness (QED) is 0.840. The summed E-state index contributed by atoms with van der Waals surface area (Å²) in [5, 5.41) is 3.31. The van der Waals surface area contributed by atoms with Crippen molar-refractivity contribution in [1.82, 2.24) is 15.1 Å². The number of hydrogen-bond acceptors (Lipinski definition) is 4. The van der Waals surface area contributed by atoms with Gasteiger partial charge in [-0.05, 0) is 53.4 Å². The van der Waals surface area contributed by atoms with E-state index in [4.69, 9.17) is 4.74 Å². The molecule has 0 radical (unpaired) electrons. The maximum Gasteiger partial charge on any atom is 0.410 e. The lowest BCUT2D eigenvalue weighted by atomic mass is 9.98. The van der Waals surface area contributed by atoms with E-state index in [1.807, 2.05) is 41.7 Å². The van der Waals surface area contributed by atoms with E-state index in [2.05, 4.69) is 5.32 Å². The number of nitrogens with one attached hydrogen (secondary N) is 1. The zero-order valence-electron chi connectivity index (χ0n) is 15.5. The molecule has 23 heavy (non-hydrogen) atoms. The number of rotatable bonds is 5. The number of hydrogen-bond donors (Lipinski definition) is 1. The van der Waals surface area contributed by atoms with Crippen LogP contribution in [-0.2, 0) is 9.53 Å². The number of likely N-dealkylation sites (N-methyl/N-ethyl adjacent to an activating group) is 1. The lowest BCUT2D eigenvalue weighted by Gasteiger charge is -2.34. The summed E-state index contributed by atoms with van der Waals surface area (Å²) >= 11 is 0. The monoisotopic (exact) mass is 327 g/mol. The molecule has 2 amide bonds. The molecular weight excluding hydrogens is 294 g/mol. The molecule has 2 atom stereocenters. The predicted octanol–water partition coefficient (Wildman–Crippen LogP) is 2.09. The first-order chi connectivity index (χ1) is 10.6. The molecule has 0 aromatic rings. The van der Waals surface area contributed by atoms with E-state index in [-0.39, 0.29) is 18.0 Å². The number of nitrogens with zero attached hydrogens (tertiary/aromatic N) is 2. The first kappa shape index (κ1) is 19.7. The molecule has 1 heterocycles. The molecule has 134 valence electrons. The lowest BCUT2D eigenvalue weighted by molar-refractivity contribution is -0.131. The molecular formula is C17H33N3O3. The first-order valence-electron chi connectivity index (χ1n) is 8.60. The predicted molar refractivity (Wildman–Crippen MR) is 91.3 cm³/mol. The van der Waals surface area contributed by atoms with Gasteiger partial charge in [-0.15, -0.1) is 0 Å². The third-order valence-electron chi connectivity index (χ3n) is 4.10. The lowest BCUT2D eigenvalue weighted by Crippen LogP contribution is -2.48. The van der Waals surface area contributed by atoms with Crippen LogP contribution in [0.4, 0.5) is 4.79 Å². The molecule has 6 nitrogen and oxygen atoms in total. The minimum Gasteiger partial charge on any atom is -0.444 e. The van der Waals surface area contributed by atoms with Crippen LogP contribution in [0.25, 0.3) is 0 Å². The topological polar surface area (TPSA) is 61.9 Å². The summed E-state index contributed by atoms with van der Waals surface area (Å²) in [4.78, 5) is 27.7. The summed E-state index contributed by atoms with van der Waals surface area (Å²) in [6, 6.07) is -0.197. The van der Waals surface area contributed by atoms with Crippen molar-refractivity contribution < 1.29 is 14.3 Å². The van der Waals surface area contributed by atoms with E-state index in [1.54, 1.807) is 9.80 Å². The number of carbonyl (C=O) groups is 2. The number of carbonyl (C=O) groups excluding carboxylic acids is 2. The molecule has 0 spiro atoms. The second kappa shape index (κ2) is 8.52. The van der Waals surface area contributed by atoms with Crippen molar-refractivity contribution in [1.29, 1.82) is 0 Å². The second-order valence-corrected chi connectivity index (χ2v) is 7.42. The zero-order chi connectivity index (χ0) is 17.6. The molecule has 1 rings (SSSR count). The van der Waals surface area contributed by atoms with Crippen LogP contribution >= 0.6 is 0 Å². The smallest absolute Gasteiger partial charge is 0.410 e. The fourth-order valence-corrected chi connectivity index (χ4v) is 2.64. The Morgan fingerprint density at radius 3 is 2.61 bits per heavy atom. The van der Waals surface area contributed by atoms with E-state index in [0.29, 0.717) is 19.0 Å². The molecule has 6 heteroatoms. The third kappa shape index (κ3) is 6.77. The van der Waals surface area contributed by atoms with Gasteiger partial charge in [-0.3, -0.25) is 4.79 Å². The zero-order valence-corrected chi connectivity index (χ0v) is 15.5.